The molecule has 272 valence electrons. The molecule has 0 aromatic heterocycles. The fourth-order valence-corrected chi connectivity index (χ4v) is 4.90. The van der Waals surface area contributed by atoms with Crippen molar-refractivity contribution in [2.75, 3.05) is 80.1 Å². The van der Waals surface area contributed by atoms with Gasteiger partial charge in [0.25, 0.3) is 11.1 Å². The molecule has 2 aliphatic rings. The van der Waals surface area contributed by atoms with E-state index >= 15 is 0 Å². The van der Waals surface area contributed by atoms with Gasteiger partial charge in [-0.2, -0.15) is 0 Å². The predicted molar refractivity (Wildman–Crippen MR) is 190 cm³/mol. The maximum atomic E-state index is 12.6. The topological polar surface area (TPSA) is 164 Å². The summed E-state index contributed by atoms with van der Waals surface area (Å²) in [7, 11) is 8.94. The first-order chi connectivity index (χ1) is 24.6. The first-order valence-corrected chi connectivity index (χ1v) is 15.7. The molecule has 2 heterocycles. The van der Waals surface area contributed by atoms with Crippen molar-refractivity contribution in [3.63, 3.8) is 0 Å². The lowest BCUT2D eigenvalue weighted by Crippen LogP contribution is -2.16. The van der Waals surface area contributed by atoms with Gasteiger partial charge >= 0.3 is 0 Å². The van der Waals surface area contributed by atoms with E-state index in [2.05, 4.69) is 5.32 Å². The van der Waals surface area contributed by atoms with Gasteiger partial charge in [-0.25, -0.2) is 0 Å². The number of nitrogens with one attached hydrogen (secondary N) is 1. The van der Waals surface area contributed by atoms with Gasteiger partial charge in [-0.15, -0.1) is 0 Å². The number of carbonyl (C=O) groups is 2. The summed E-state index contributed by atoms with van der Waals surface area (Å²) in [5.74, 6) is 4.98. The van der Waals surface area contributed by atoms with Gasteiger partial charge in [-0.3, -0.25) is 9.59 Å². The van der Waals surface area contributed by atoms with Gasteiger partial charge in [0, 0.05) is 34.6 Å². The third-order valence-electron chi connectivity index (χ3n) is 7.18. The van der Waals surface area contributed by atoms with Crippen molar-refractivity contribution in [3.8, 4) is 57.5 Å². The van der Waals surface area contributed by atoms with E-state index in [9.17, 15) is 9.59 Å². The number of nitrogens with two attached hydrogens (primary N) is 1. The Labute approximate surface area is 300 Å². The number of nitrogen functional groups attached to an aromatic ring is 1. The molecule has 0 fully saturated rings. The lowest BCUT2D eigenvalue weighted by molar-refractivity contribution is 0.102. The summed E-state index contributed by atoms with van der Waals surface area (Å²) in [6.07, 6.45) is 0. The van der Waals surface area contributed by atoms with Gasteiger partial charge in [0.2, 0.25) is 11.5 Å². The molecule has 3 N–H and O–H groups in total. The second kappa shape index (κ2) is 18.2. The number of anilines is 2. The fraction of sp³-hybridized carbons (Fsp3) is 0.278. The highest BCUT2D eigenvalue weighted by Crippen LogP contribution is 2.40. The Hall–Kier alpha value is -5.89. The standard InChI is InChI=1S/C18H19NO6.C10H11ClO4.C8H9NO2/c1-21-15-8-11(9-16(22-2)17(15)23-3)18(20)19-12-4-5-13-14(10-12)25-7-6-24-13;1-13-7-4-6(10(11)12)5-8(14-2)9(7)15-3;9-6-1-2-7-8(5-6)11-4-3-10-7/h4-5,8-10H,6-7H2,1-3H3,(H,19,20);4-5H,1-3H3;1-2,5H,3-4,9H2. The summed E-state index contributed by atoms with van der Waals surface area (Å²) >= 11 is 5.37. The third kappa shape index (κ3) is 9.63. The minimum atomic E-state index is -0.575. The van der Waals surface area contributed by atoms with E-state index in [4.69, 9.17) is 64.7 Å². The van der Waals surface area contributed by atoms with Crippen LogP contribution in [0.25, 0.3) is 0 Å². The highest BCUT2D eigenvalue weighted by atomic mass is 35.5. The molecule has 0 bridgehead atoms. The smallest absolute Gasteiger partial charge is 0.255 e. The monoisotopic (exact) mass is 726 g/mol. The summed E-state index contributed by atoms with van der Waals surface area (Å²) < 4.78 is 52.6. The molecule has 0 radical (unpaired) electrons. The van der Waals surface area contributed by atoms with Crippen molar-refractivity contribution >= 4 is 34.1 Å². The van der Waals surface area contributed by atoms with E-state index in [0.29, 0.717) is 94.9 Å². The maximum absolute atomic E-state index is 12.6. The molecule has 0 saturated heterocycles. The molecule has 6 rings (SSSR count). The van der Waals surface area contributed by atoms with Crippen molar-refractivity contribution in [1.82, 2.24) is 0 Å². The Morgan fingerprint density at radius 1 is 0.569 bits per heavy atom. The summed E-state index contributed by atoms with van der Waals surface area (Å²) in [5, 5.41) is 2.25. The quantitative estimate of drug-likeness (QED) is 0.156. The number of ether oxygens (including phenoxy) is 10. The van der Waals surface area contributed by atoms with Crippen LogP contribution in [0.3, 0.4) is 0 Å². The first kappa shape index (κ1) is 37.9. The van der Waals surface area contributed by atoms with Crippen molar-refractivity contribution in [3.05, 3.63) is 71.8 Å². The van der Waals surface area contributed by atoms with Crippen LogP contribution in [0, 0.1) is 0 Å². The average molecular weight is 727 g/mol. The molecule has 0 spiro atoms. The highest BCUT2D eigenvalue weighted by Gasteiger charge is 2.19. The lowest BCUT2D eigenvalue weighted by Gasteiger charge is -2.19. The van der Waals surface area contributed by atoms with E-state index in [0.717, 1.165) is 11.5 Å². The maximum Gasteiger partial charge on any atom is 0.255 e. The Morgan fingerprint density at radius 2 is 0.980 bits per heavy atom. The Balaban J connectivity index is 0.000000190. The molecule has 15 heteroatoms. The van der Waals surface area contributed by atoms with Crippen LogP contribution in [0.2, 0.25) is 0 Å². The predicted octanol–water partition coefficient (Wildman–Crippen LogP) is 5.87. The number of methoxy groups -OCH3 is 6. The van der Waals surface area contributed by atoms with Crippen LogP contribution in [0.4, 0.5) is 11.4 Å². The first-order valence-electron chi connectivity index (χ1n) is 15.3. The van der Waals surface area contributed by atoms with Crippen molar-refractivity contribution in [1.29, 1.82) is 0 Å². The van der Waals surface area contributed by atoms with Gasteiger partial charge in [-0.05, 0) is 60.1 Å². The number of hydrogen-bond donors (Lipinski definition) is 2. The summed E-state index contributed by atoms with van der Waals surface area (Å²) in [6, 6.07) is 16.8. The molecule has 51 heavy (non-hydrogen) atoms. The number of rotatable bonds is 9. The second-order valence-corrected chi connectivity index (χ2v) is 10.7. The molecule has 0 unspecified atom stereocenters. The zero-order chi connectivity index (χ0) is 36.9. The molecular formula is C36H39ClN2O12. The average Bonchev–Trinajstić information content (AvgIpc) is 3.16. The van der Waals surface area contributed by atoms with Crippen LogP contribution in [0.15, 0.2) is 60.7 Å². The van der Waals surface area contributed by atoms with Gasteiger partial charge in [0.1, 0.15) is 26.4 Å². The van der Waals surface area contributed by atoms with Gasteiger partial charge in [-0.1, -0.05) is 0 Å². The molecule has 0 aliphatic carbocycles. The van der Waals surface area contributed by atoms with Gasteiger partial charge < -0.3 is 58.4 Å². The third-order valence-corrected chi connectivity index (χ3v) is 7.40. The molecule has 4 aromatic carbocycles. The highest BCUT2D eigenvalue weighted by molar-refractivity contribution is 6.67. The van der Waals surface area contributed by atoms with E-state index in [1.54, 1.807) is 42.5 Å². The molecule has 4 aromatic rings. The van der Waals surface area contributed by atoms with E-state index in [1.165, 1.54) is 54.8 Å². The molecule has 14 nitrogen and oxygen atoms in total. The van der Waals surface area contributed by atoms with E-state index in [1.807, 2.05) is 6.07 Å². The van der Waals surface area contributed by atoms with Crippen LogP contribution in [0.1, 0.15) is 20.7 Å². The Bertz CT molecular complexity index is 1780. The number of benzene rings is 4. The minimum absolute atomic E-state index is 0.297. The lowest BCUT2D eigenvalue weighted by atomic mass is 10.1. The Kier molecular flexibility index (Phi) is 13.5. The zero-order valence-corrected chi connectivity index (χ0v) is 29.7. The Morgan fingerprint density at radius 3 is 1.41 bits per heavy atom. The molecule has 2 aliphatic heterocycles. The molecular weight excluding hydrogens is 688 g/mol. The number of amides is 1. The summed E-state index contributed by atoms with van der Waals surface area (Å²) in [5.41, 5.74) is 7.53. The summed E-state index contributed by atoms with van der Waals surface area (Å²) in [6.45, 7) is 2.23. The SMILES string of the molecule is COc1cc(C(=O)Cl)cc(OC)c1OC.COc1cc(C(=O)Nc2ccc3c(c2)OCCO3)cc(OC)c1OC.Nc1ccc2c(c1)OCCO2. The normalized spacial score (nSPS) is 12.0. The number of carbonyl (C=O) groups excluding carboxylic acids is 2. The van der Waals surface area contributed by atoms with E-state index < -0.39 is 5.24 Å². The second-order valence-electron chi connectivity index (χ2n) is 10.3. The molecule has 0 atom stereocenters. The number of hydrogen-bond acceptors (Lipinski definition) is 13. The zero-order valence-electron chi connectivity index (χ0n) is 29.0. The molecule has 1 amide bonds. The van der Waals surface area contributed by atoms with Crippen molar-refractivity contribution in [2.24, 2.45) is 0 Å². The van der Waals surface area contributed by atoms with Crippen LogP contribution in [0.5, 0.6) is 57.5 Å². The van der Waals surface area contributed by atoms with Crippen molar-refractivity contribution < 1.29 is 57.0 Å². The number of halogens is 1. The van der Waals surface area contributed by atoms with E-state index in [-0.39, 0.29) is 5.91 Å². The van der Waals surface area contributed by atoms with Crippen LogP contribution < -0.4 is 58.4 Å². The largest absolute Gasteiger partial charge is 0.493 e. The van der Waals surface area contributed by atoms with Gasteiger partial charge in [0.15, 0.2) is 46.0 Å². The summed E-state index contributed by atoms with van der Waals surface area (Å²) in [4.78, 5) is 23.6. The van der Waals surface area contributed by atoms with Crippen molar-refractivity contribution in [2.45, 2.75) is 0 Å². The van der Waals surface area contributed by atoms with Crippen LogP contribution in [-0.4, -0.2) is 80.2 Å². The number of fused-ring (bicyclic) bond motifs is 2. The van der Waals surface area contributed by atoms with Gasteiger partial charge in [0.05, 0.1) is 42.7 Å². The van der Waals surface area contributed by atoms with Crippen LogP contribution in [-0.2, 0) is 0 Å². The fourth-order valence-electron chi connectivity index (χ4n) is 4.79. The minimum Gasteiger partial charge on any atom is -0.493 e. The molecule has 0 saturated carbocycles. The van der Waals surface area contributed by atoms with Crippen LogP contribution >= 0.6 is 11.6 Å².